The summed E-state index contributed by atoms with van der Waals surface area (Å²) in [5.41, 5.74) is 0. The van der Waals surface area contributed by atoms with Crippen molar-refractivity contribution < 1.29 is 18.6 Å². The summed E-state index contributed by atoms with van der Waals surface area (Å²) in [5.74, 6) is 5.03. The summed E-state index contributed by atoms with van der Waals surface area (Å²) in [6.45, 7) is 9.09. The molecule has 2 saturated carbocycles. The van der Waals surface area contributed by atoms with Crippen LogP contribution in [0.25, 0.3) is 0 Å². The SMILES string of the molecule is C.C1CC2CNCC2C1.CN(C)CCCCl.CN(C)CCCN1CC2CCCC2C1.[V]. The van der Waals surface area contributed by atoms with Gasteiger partial charge in [-0.05, 0) is 123 Å². The van der Waals surface area contributed by atoms with Gasteiger partial charge in [0.2, 0.25) is 0 Å². The minimum Gasteiger partial charge on any atom is -0.316 e. The zero-order valence-corrected chi connectivity index (χ0v) is 22.4. The molecule has 4 rings (SSSR count). The van der Waals surface area contributed by atoms with E-state index < -0.39 is 0 Å². The topological polar surface area (TPSA) is 21.8 Å². The van der Waals surface area contributed by atoms with Crippen molar-refractivity contribution in [3.05, 3.63) is 0 Å². The molecule has 0 bridgehead atoms. The third-order valence-corrected chi connectivity index (χ3v) is 7.52. The molecule has 4 unspecified atom stereocenters. The fraction of sp³-hybridized carbons (Fsp3) is 1.00. The van der Waals surface area contributed by atoms with Crippen LogP contribution in [-0.2, 0) is 18.6 Å². The Morgan fingerprint density at radius 1 is 0.774 bits per heavy atom. The van der Waals surface area contributed by atoms with Crippen molar-refractivity contribution in [1.29, 1.82) is 0 Å². The van der Waals surface area contributed by atoms with Crippen LogP contribution in [0.2, 0.25) is 0 Å². The zero-order valence-electron chi connectivity index (χ0n) is 20.3. The monoisotopic (exact) mass is 495 g/mol. The quantitative estimate of drug-likeness (QED) is 0.525. The number of likely N-dealkylation sites (tertiary alicyclic amines) is 1. The average molecular weight is 496 g/mol. The first-order valence-corrected chi connectivity index (χ1v) is 12.8. The summed E-state index contributed by atoms with van der Waals surface area (Å²) in [7, 11) is 8.43. The Morgan fingerprint density at radius 2 is 1.23 bits per heavy atom. The van der Waals surface area contributed by atoms with Crippen LogP contribution < -0.4 is 5.32 Å². The molecule has 0 aromatic rings. The average Bonchev–Trinajstić information content (AvgIpc) is 3.41. The molecule has 2 aliphatic carbocycles. The Kier molecular flexibility index (Phi) is 18.5. The van der Waals surface area contributed by atoms with E-state index in [9.17, 15) is 0 Å². The maximum absolute atomic E-state index is 5.42. The number of nitrogens with one attached hydrogen (secondary N) is 1. The molecule has 2 saturated heterocycles. The normalized spacial score (nSPS) is 28.7. The number of hydrogen-bond acceptors (Lipinski definition) is 4. The van der Waals surface area contributed by atoms with Crippen LogP contribution >= 0.6 is 11.6 Å². The molecule has 0 aromatic carbocycles. The van der Waals surface area contributed by atoms with Gasteiger partial charge in [-0.3, -0.25) is 0 Å². The molecular weight excluding hydrogens is 443 g/mol. The molecule has 4 fully saturated rings. The standard InChI is InChI=1S/C12H24N2.C7H13N.C5H12ClN.CH4.V/c1-13(2)7-4-8-14-9-11-5-3-6-12(11)10-14;1-2-6-4-8-5-7(6)3-1;1-7(2)5-3-4-6;;/h11-12H,3-10H2,1-2H3;6-8H,1-5H2;3-5H2,1-2H3;1H4;. The van der Waals surface area contributed by atoms with Gasteiger partial charge in [-0.15, -0.1) is 11.6 Å². The number of halogens is 1. The van der Waals surface area contributed by atoms with Gasteiger partial charge in [-0.25, -0.2) is 0 Å². The van der Waals surface area contributed by atoms with Gasteiger partial charge < -0.3 is 20.0 Å². The van der Waals surface area contributed by atoms with Crippen LogP contribution in [-0.4, -0.2) is 94.6 Å². The van der Waals surface area contributed by atoms with Crippen LogP contribution in [0.4, 0.5) is 0 Å². The Hall–Kier alpha value is 0.714. The van der Waals surface area contributed by atoms with Crippen molar-refractivity contribution >= 4 is 11.6 Å². The van der Waals surface area contributed by atoms with Crippen LogP contribution in [0, 0.1) is 23.7 Å². The van der Waals surface area contributed by atoms with E-state index in [2.05, 4.69) is 34.1 Å². The Labute approximate surface area is 212 Å². The second-order valence-electron chi connectivity index (χ2n) is 10.3. The molecule has 185 valence electrons. The van der Waals surface area contributed by atoms with Gasteiger partial charge in [0, 0.05) is 37.5 Å². The van der Waals surface area contributed by atoms with Crippen LogP contribution in [0.15, 0.2) is 0 Å². The number of nitrogens with zero attached hydrogens (tertiary/aromatic N) is 3. The van der Waals surface area contributed by atoms with Crippen molar-refractivity contribution in [1.82, 2.24) is 20.0 Å². The van der Waals surface area contributed by atoms with E-state index in [4.69, 9.17) is 11.6 Å². The fourth-order valence-electron chi connectivity index (χ4n) is 5.61. The van der Waals surface area contributed by atoms with E-state index in [1.165, 1.54) is 84.2 Å². The molecule has 2 aliphatic heterocycles. The largest absolute Gasteiger partial charge is 0.316 e. The minimum absolute atomic E-state index is 0. The summed E-state index contributed by atoms with van der Waals surface area (Å²) in [6.07, 6.45) is 11.4. The van der Waals surface area contributed by atoms with Crippen molar-refractivity contribution in [2.45, 2.75) is 58.8 Å². The van der Waals surface area contributed by atoms with Crippen molar-refractivity contribution in [3.63, 3.8) is 0 Å². The first kappa shape index (κ1) is 31.7. The van der Waals surface area contributed by atoms with E-state index in [0.29, 0.717) is 0 Å². The maximum atomic E-state index is 5.42. The van der Waals surface area contributed by atoms with Crippen molar-refractivity contribution in [2.24, 2.45) is 23.7 Å². The number of hydrogen-bond donors (Lipinski definition) is 1. The van der Waals surface area contributed by atoms with Gasteiger partial charge in [0.05, 0.1) is 0 Å². The summed E-state index contributed by atoms with van der Waals surface area (Å²) in [4.78, 5) is 7.11. The molecule has 31 heavy (non-hydrogen) atoms. The van der Waals surface area contributed by atoms with E-state index in [1.54, 1.807) is 0 Å². The minimum atomic E-state index is 0. The molecule has 6 heteroatoms. The Bertz CT molecular complexity index is 392. The molecule has 0 aromatic heterocycles. The van der Waals surface area contributed by atoms with Gasteiger partial charge in [0.1, 0.15) is 0 Å². The predicted octanol–water partition coefficient (Wildman–Crippen LogP) is 4.49. The molecule has 4 atom stereocenters. The molecule has 1 N–H and O–H groups in total. The molecule has 2 heterocycles. The fourth-order valence-corrected chi connectivity index (χ4v) is 5.73. The summed E-state index contributed by atoms with van der Waals surface area (Å²) >= 11 is 5.42. The third-order valence-electron chi connectivity index (χ3n) is 7.25. The van der Waals surface area contributed by atoms with Gasteiger partial charge in [-0.2, -0.15) is 0 Å². The van der Waals surface area contributed by atoms with Crippen molar-refractivity contribution in [2.75, 3.05) is 79.9 Å². The van der Waals surface area contributed by atoms with E-state index >= 15 is 0 Å². The number of alkyl halides is 1. The first-order chi connectivity index (χ1) is 14.0. The second-order valence-corrected chi connectivity index (χ2v) is 10.7. The maximum Gasteiger partial charge on any atom is 0.0235 e. The smallest absolute Gasteiger partial charge is 0.0235 e. The Balaban J connectivity index is 0.000000457. The van der Waals surface area contributed by atoms with Gasteiger partial charge in [0.25, 0.3) is 0 Å². The predicted molar refractivity (Wildman–Crippen MR) is 135 cm³/mol. The van der Waals surface area contributed by atoms with Gasteiger partial charge >= 0.3 is 0 Å². The summed E-state index contributed by atoms with van der Waals surface area (Å²) < 4.78 is 0. The van der Waals surface area contributed by atoms with Gasteiger partial charge in [0.15, 0.2) is 0 Å². The molecular formula is C25H53ClN4V. The molecule has 4 aliphatic rings. The molecule has 4 nitrogen and oxygen atoms in total. The molecule has 1 radical (unpaired) electrons. The summed E-state index contributed by atoms with van der Waals surface area (Å²) in [5, 5.41) is 3.42. The zero-order chi connectivity index (χ0) is 21.1. The third kappa shape index (κ3) is 12.7. The van der Waals surface area contributed by atoms with E-state index in [1.807, 2.05) is 14.1 Å². The van der Waals surface area contributed by atoms with E-state index in [-0.39, 0.29) is 26.0 Å². The first-order valence-electron chi connectivity index (χ1n) is 12.3. The van der Waals surface area contributed by atoms with E-state index in [0.717, 1.165) is 42.5 Å². The van der Waals surface area contributed by atoms with Crippen LogP contribution in [0.5, 0.6) is 0 Å². The van der Waals surface area contributed by atoms with Crippen molar-refractivity contribution in [3.8, 4) is 0 Å². The van der Waals surface area contributed by atoms with Crippen LogP contribution in [0.3, 0.4) is 0 Å². The van der Waals surface area contributed by atoms with Gasteiger partial charge in [-0.1, -0.05) is 20.3 Å². The van der Waals surface area contributed by atoms with Crippen LogP contribution in [0.1, 0.15) is 58.8 Å². The summed E-state index contributed by atoms with van der Waals surface area (Å²) in [6, 6.07) is 0. The molecule has 0 amide bonds. The number of rotatable bonds is 7. The molecule has 0 spiro atoms. The Morgan fingerprint density at radius 3 is 1.65 bits per heavy atom. The second kappa shape index (κ2) is 18.1. The number of fused-ring (bicyclic) bond motifs is 2.